The lowest BCUT2D eigenvalue weighted by Gasteiger charge is -2.41. The Balaban J connectivity index is 1.36. The molecule has 7 heteroatoms. The van der Waals surface area contributed by atoms with E-state index in [1.54, 1.807) is 11.0 Å². The summed E-state index contributed by atoms with van der Waals surface area (Å²) in [7, 11) is 0. The average molecular weight is 407 g/mol. The average Bonchev–Trinajstić information content (AvgIpc) is 2.76. The first kappa shape index (κ1) is 20.8. The van der Waals surface area contributed by atoms with Crippen LogP contribution in [0, 0.1) is 23.7 Å². The number of carbonyl (C=O) groups is 2. The van der Waals surface area contributed by atoms with Crippen molar-refractivity contribution < 1.29 is 24.5 Å². The van der Waals surface area contributed by atoms with Crippen molar-refractivity contribution in [3.63, 3.8) is 0 Å². The molecule has 2 heterocycles. The number of piperidine rings is 1. The van der Waals surface area contributed by atoms with Crippen LogP contribution in [0.4, 0.5) is 0 Å². The lowest BCUT2D eigenvalue weighted by molar-refractivity contribution is -0.170. The minimum absolute atomic E-state index is 0.0918. The van der Waals surface area contributed by atoms with Crippen molar-refractivity contribution in [2.24, 2.45) is 29.4 Å². The molecule has 2 aliphatic heterocycles. The third-order valence-electron chi connectivity index (χ3n) is 7.67. The fourth-order valence-corrected chi connectivity index (χ4v) is 5.85. The summed E-state index contributed by atoms with van der Waals surface area (Å²) in [6.45, 7) is 2.12. The molecule has 0 bridgehead atoms. The zero-order chi connectivity index (χ0) is 20.5. The van der Waals surface area contributed by atoms with Crippen molar-refractivity contribution in [2.75, 3.05) is 19.6 Å². The summed E-state index contributed by atoms with van der Waals surface area (Å²) in [4.78, 5) is 27.2. The van der Waals surface area contributed by atoms with Crippen molar-refractivity contribution in [3.05, 3.63) is 11.6 Å². The number of likely N-dealkylation sites (tertiary alicyclic amines) is 1. The molecule has 162 valence electrons. The SMILES string of the molecule is NCC1CCCC(C2CCN(C(=O)C3=CC4CCC(O)C(O)C4OC3=O)CC2)C1. The second-order valence-corrected chi connectivity index (χ2v) is 9.41. The van der Waals surface area contributed by atoms with Gasteiger partial charge in [-0.3, -0.25) is 4.79 Å². The van der Waals surface area contributed by atoms with E-state index in [4.69, 9.17) is 10.5 Å². The number of ether oxygens (including phenoxy) is 1. The van der Waals surface area contributed by atoms with Gasteiger partial charge >= 0.3 is 5.97 Å². The van der Waals surface area contributed by atoms with Gasteiger partial charge in [0, 0.05) is 19.0 Å². The van der Waals surface area contributed by atoms with Gasteiger partial charge in [-0.05, 0) is 62.8 Å². The Morgan fingerprint density at radius 2 is 1.86 bits per heavy atom. The Morgan fingerprint density at radius 3 is 2.59 bits per heavy atom. The molecular weight excluding hydrogens is 372 g/mol. The van der Waals surface area contributed by atoms with E-state index in [0.717, 1.165) is 19.4 Å². The van der Waals surface area contributed by atoms with Gasteiger partial charge in [0.05, 0.1) is 6.10 Å². The molecule has 7 nitrogen and oxygen atoms in total. The number of aliphatic hydroxyl groups is 2. The Kier molecular flexibility index (Phi) is 6.27. The van der Waals surface area contributed by atoms with Crippen LogP contribution >= 0.6 is 0 Å². The molecule has 0 radical (unpaired) electrons. The normalized spacial score (nSPS) is 38.8. The van der Waals surface area contributed by atoms with E-state index >= 15 is 0 Å². The van der Waals surface area contributed by atoms with Gasteiger partial charge in [0.1, 0.15) is 17.8 Å². The first-order valence-electron chi connectivity index (χ1n) is 11.3. The molecule has 2 aliphatic carbocycles. The summed E-state index contributed by atoms with van der Waals surface area (Å²) in [5, 5.41) is 19.9. The standard InChI is InChI=1S/C22H34N2O5/c23-12-13-2-1-3-15(10-13)14-6-8-24(9-7-14)21(27)17-11-16-4-5-18(25)19(26)20(16)29-22(17)28/h11,13-16,18-20,25-26H,1-10,12,23H2. The molecular formula is C22H34N2O5. The molecule has 6 atom stereocenters. The van der Waals surface area contributed by atoms with E-state index in [-0.39, 0.29) is 17.4 Å². The summed E-state index contributed by atoms with van der Waals surface area (Å²) in [5.41, 5.74) is 5.97. The van der Waals surface area contributed by atoms with Crippen LogP contribution in [0.1, 0.15) is 51.4 Å². The summed E-state index contributed by atoms with van der Waals surface area (Å²) in [6, 6.07) is 0. The smallest absolute Gasteiger partial charge is 0.343 e. The molecule has 4 N–H and O–H groups in total. The van der Waals surface area contributed by atoms with Crippen molar-refractivity contribution in [3.8, 4) is 0 Å². The van der Waals surface area contributed by atoms with Crippen molar-refractivity contribution in [1.82, 2.24) is 4.90 Å². The van der Waals surface area contributed by atoms with E-state index < -0.39 is 24.3 Å². The maximum absolute atomic E-state index is 13.0. The van der Waals surface area contributed by atoms with Gasteiger partial charge in [0.25, 0.3) is 5.91 Å². The Morgan fingerprint density at radius 1 is 1.10 bits per heavy atom. The monoisotopic (exact) mass is 406 g/mol. The first-order chi connectivity index (χ1) is 14.0. The van der Waals surface area contributed by atoms with E-state index in [9.17, 15) is 19.8 Å². The number of aliphatic hydroxyl groups excluding tert-OH is 2. The number of fused-ring (bicyclic) bond motifs is 1. The van der Waals surface area contributed by atoms with E-state index in [1.807, 2.05) is 0 Å². The third kappa shape index (κ3) is 4.23. The van der Waals surface area contributed by atoms with E-state index in [0.29, 0.717) is 43.7 Å². The highest BCUT2D eigenvalue weighted by atomic mass is 16.6. The highest BCUT2D eigenvalue weighted by Crippen LogP contribution is 2.39. The van der Waals surface area contributed by atoms with E-state index in [1.165, 1.54) is 25.7 Å². The van der Waals surface area contributed by atoms with Crippen LogP contribution in [0.15, 0.2) is 11.6 Å². The Bertz CT molecular complexity index is 658. The van der Waals surface area contributed by atoms with Crippen molar-refractivity contribution in [2.45, 2.75) is 69.7 Å². The van der Waals surface area contributed by atoms with Crippen LogP contribution in [-0.4, -0.2) is 64.9 Å². The lowest BCUT2D eigenvalue weighted by atomic mass is 9.72. The van der Waals surface area contributed by atoms with Gasteiger partial charge in [-0.25, -0.2) is 4.79 Å². The number of nitrogens with zero attached hydrogens (tertiary/aromatic N) is 1. The van der Waals surface area contributed by atoms with Gasteiger partial charge in [0.2, 0.25) is 0 Å². The fourth-order valence-electron chi connectivity index (χ4n) is 5.85. The molecule has 29 heavy (non-hydrogen) atoms. The molecule has 1 saturated heterocycles. The Labute approximate surface area is 172 Å². The van der Waals surface area contributed by atoms with Crippen LogP contribution in [0.25, 0.3) is 0 Å². The van der Waals surface area contributed by atoms with Crippen LogP contribution < -0.4 is 5.73 Å². The number of nitrogens with two attached hydrogens (primary N) is 1. The number of amides is 1. The maximum atomic E-state index is 13.0. The molecule has 0 aromatic carbocycles. The number of hydrogen-bond acceptors (Lipinski definition) is 6. The Hall–Kier alpha value is -1.44. The molecule has 3 fully saturated rings. The predicted molar refractivity (Wildman–Crippen MR) is 107 cm³/mol. The maximum Gasteiger partial charge on any atom is 0.343 e. The molecule has 0 aromatic heterocycles. The van der Waals surface area contributed by atoms with Crippen molar-refractivity contribution >= 4 is 11.9 Å². The molecule has 4 rings (SSSR count). The van der Waals surface area contributed by atoms with Crippen molar-refractivity contribution in [1.29, 1.82) is 0 Å². The lowest BCUT2D eigenvalue weighted by Crippen LogP contribution is -2.51. The zero-order valence-corrected chi connectivity index (χ0v) is 17.0. The molecule has 2 saturated carbocycles. The van der Waals surface area contributed by atoms with Crippen LogP contribution in [0.2, 0.25) is 0 Å². The zero-order valence-electron chi connectivity index (χ0n) is 17.0. The van der Waals surface area contributed by atoms with Gasteiger partial charge < -0.3 is 25.6 Å². The number of carbonyl (C=O) groups excluding carboxylic acids is 2. The third-order valence-corrected chi connectivity index (χ3v) is 7.67. The molecule has 0 spiro atoms. The number of esters is 1. The van der Waals surface area contributed by atoms with Crippen LogP contribution in [0.5, 0.6) is 0 Å². The quantitative estimate of drug-likeness (QED) is 0.476. The molecule has 0 aromatic rings. The van der Waals surface area contributed by atoms with E-state index in [2.05, 4.69) is 0 Å². The highest BCUT2D eigenvalue weighted by molar-refractivity contribution is 6.16. The van der Waals surface area contributed by atoms with Gasteiger partial charge in [-0.1, -0.05) is 18.9 Å². The minimum atomic E-state index is -1.09. The number of rotatable bonds is 3. The van der Waals surface area contributed by atoms with Crippen LogP contribution in [-0.2, 0) is 14.3 Å². The first-order valence-corrected chi connectivity index (χ1v) is 11.3. The number of hydrogen-bond donors (Lipinski definition) is 3. The van der Waals surface area contributed by atoms with Gasteiger partial charge in [-0.15, -0.1) is 0 Å². The summed E-state index contributed by atoms with van der Waals surface area (Å²) < 4.78 is 5.36. The molecule has 4 aliphatic rings. The molecule has 1 amide bonds. The summed E-state index contributed by atoms with van der Waals surface area (Å²) >= 11 is 0. The van der Waals surface area contributed by atoms with Crippen LogP contribution in [0.3, 0.4) is 0 Å². The molecule has 6 unspecified atom stereocenters. The van der Waals surface area contributed by atoms with Gasteiger partial charge in [-0.2, -0.15) is 0 Å². The summed E-state index contributed by atoms with van der Waals surface area (Å²) in [6.07, 6.45) is 6.92. The topological polar surface area (TPSA) is 113 Å². The second-order valence-electron chi connectivity index (χ2n) is 9.41. The largest absolute Gasteiger partial charge is 0.455 e. The van der Waals surface area contributed by atoms with Gasteiger partial charge in [0.15, 0.2) is 0 Å². The highest BCUT2D eigenvalue weighted by Gasteiger charge is 2.45. The minimum Gasteiger partial charge on any atom is -0.455 e. The summed E-state index contributed by atoms with van der Waals surface area (Å²) in [5.74, 6) is 0.857. The fraction of sp³-hybridized carbons (Fsp3) is 0.818. The second kappa shape index (κ2) is 8.74. The predicted octanol–water partition coefficient (Wildman–Crippen LogP) is 0.974.